The molecule has 0 saturated heterocycles. The van der Waals surface area contributed by atoms with Gasteiger partial charge in [-0.2, -0.15) is 13.2 Å². The fourth-order valence-electron chi connectivity index (χ4n) is 2.68. The van der Waals surface area contributed by atoms with Crippen molar-refractivity contribution >= 4 is 0 Å². The highest BCUT2D eigenvalue weighted by Crippen LogP contribution is 2.39. The third-order valence-corrected chi connectivity index (χ3v) is 3.76. The molecular weight excluding hydrogens is 229 g/mol. The second-order valence-electron chi connectivity index (χ2n) is 5.71. The van der Waals surface area contributed by atoms with Gasteiger partial charge in [0.1, 0.15) is 0 Å². The number of halogens is 3. The number of nitrogens with two attached hydrogens (primary N) is 1. The standard InChI is InChI=1S/C12H23F3N2/c1-4-7-17(8-12(13,14)15)9-5-6-11(2,3)10(9)16/h9-10H,4-8,16H2,1-3H3. The Kier molecular flexibility index (Phi) is 4.47. The van der Waals surface area contributed by atoms with Crippen molar-refractivity contribution in [3.8, 4) is 0 Å². The molecule has 102 valence electrons. The third-order valence-electron chi connectivity index (χ3n) is 3.76. The van der Waals surface area contributed by atoms with Crippen molar-refractivity contribution in [1.29, 1.82) is 0 Å². The Morgan fingerprint density at radius 1 is 1.35 bits per heavy atom. The van der Waals surface area contributed by atoms with Crippen LogP contribution < -0.4 is 5.73 Å². The van der Waals surface area contributed by atoms with Crippen molar-refractivity contribution in [3.63, 3.8) is 0 Å². The lowest BCUT2D eigenvalue weighted by molar-refractivity contribution is -0.151. The molecule has 2 nitrogen and oxygen atoms in total. The van der Waals surface area contributed by atoms with Gasteiger partial charge in [-0.05, 0) is 31.2 Å². The van der Waals surface area contributed by atoms with Crippen molar-refractivity contribution < 1.29 is 13.2 Å². The van der Waals surface area contributed by atoms with E-state index < -0.39 is 12.7 Å². The molecule has 0 aromatic heterocycles. The summed E-state index contributed by atoms with van der Waals surface area (Å²) in [5.74, 6) is 0. The van der Waals surface area contributed by atoms with Gasteiger partial charge >= 0.3 is 6.18 Å². The molecule has 0 aromatic carbocycles. The van der Waals surface area contributed by atoms with Gasteiger partial charge in [0, 0.05) is 12.1 Å². The molecule has 1 aliphatic rings. The van der Waals surface area contributed by atoms with Gasteiger partial charge in [-0.3, -0.25) is 4.90 Å². The molecule has 2 atom stereocenters. The average Bonchev–Trinajstić information content (AvgIpc) is 2.40. The van der Waals surface area contributed by atoms with Crippen molar-refractivity contribution in [2.45, 2.75) is 58.3 Å². The molecular formula is C12H23F3N2. The van der Waals surface area contributed by atoms with Gasteiger partial charge in [-0.1, -0.05) is 20.8 Å². The maximum Gasteiger partial charge on any atom is 0.401 e. The van der Waals surface area contributed by atoms with Gasteiger partial charge in [-0.25, -0.2) is 0 Å². The van der Waals surface area contributed by atoms with Gasteiger partial charge in [0.15, 0.2) is 0 Å². The first-order chi connectivity index (χ1) is 7.67. The zero-order valence-corrected chi connectivity index (χ0v) is 10.8. The predicted octanol–water partition coefficient (Wildman–Crippen LogP) is 2.78. The maximum atomic E-state index is 12.5. The molecule has 5 heteroatoms. The summed E-state index contributed by atoms with van der Waals surface area (Å²) in [6.07, 6.45) is -1.75. The van der Waals surface area contributed by atoms with Crippen LogP contribution in [-0.2, 0) is 0 Å². The van der Waals surface area contributed by atoms with E-state index in [0.717, 1.165) is 19.3 Å². The Labute approximate surface area is 101 Å². The molecule has 1 fully saturated rings. The van der Waals surface area contributed by atoms with Crippen molar-refractivity contribution in [2.75, 3.05) is 13.1 Å². The number of alkyl halides is 3. The Bertz CT molecular complexity index is 251. The molecule has 1 saturated carbocycles. The molecule has 17 heavy (non-hydrogen) atoms. The molecule has 0 amide bonds. The Morgan fingerprint density at radius 3 is 2.29 bits per heavy atom. The fourth-order valence-corrected chi connectivity index (χ4v) is 2.68. The van der Waals surface area contributed by atoms with Crippen LogP contribution in [0.4, 0.5) is 13.2 Å². The van der Waals surface area contributed by atoms with Crippen molar-refractivity contribution in [2.24, 2.45) is 11.1 Å². The Hall–Kier alpha value is -0.290. The molecule has 2 unspecified atom stereocenters. The summed E-state index contributed by atoms with van der Waals surface area (Å²) in [6, 6.07) is -0.303. The highest BCUT2D eigenvalue weighted by molar-refractivity contribution is 4.99. The summed E-state index contributed by atoms with van der Waals surface area (Å²) in [5.41, 5.74) is 6.04. The largest absolute Gasteiger partial charge is 0.401 e. The van der Waals surface area contributed by atoms with Gasteiger partial charge in [0.25, 0.3) is 0 Å². The van der Waals surface area contributed by atoms with Crippen LogP contribution in [0.1, 0.15) is 40.0 Å². The van der Waals surface area contributed by atoms with Crippen LogP contribution in [0.15, 0.2) is 0 Å². The van der Waals surface area contributed by atoms with E-state index in [2.05, 4.69) is 0 Å². The average molecular weight is 252 g/mol. The van der Waals surface area contributed by atoms with E-state index in [0.29, 0.717) is 6.54 Å². The minimum Gasteiger partial charge on any atom is -0.326 e. The Balaban J connectivity index is 2.72. The zero-order valence-electron chi connectivity index (χ0n) is 10.8. The second kappa shape index (κ2) is 5.14. The normalized spacial score (nSPS) is 28.9. The lowest BCUT2D eigenvalue weighted by Crippen LogP contribution is -2.51. The van der Waals surface area contributed by atoms with E-state index in [4.69, 9.17) is 5.73 Å². The molecule has 2 N–H and O–H groups in total. The Morgan fingerprint density at radius 2 is 1.94 bits per heavy atom. The van der Waals surface area contributed by atoms with Gasteiger partial charge in [0.2, 0.25) is 0 Å². The highest BCUT2D eigenvalue weighted by atomic mass is 19.4. The van der Waals surface area contributed by atoms with E-state index in [9.17, 15) is 13.2 Å². The molecule has 1 aliphatic carbocycles. The first kappa shape index (κ1) is 14.8. The molecule has 1 rings (SSSR count). The summed E-state index contributed by atoms with van der Waals surface area (Å²) in [5, 5.41) is 0. The van der Waals surface area contributed by atoms with Crippen LogP contribution >= 0.6 is 0 Å². The third kappa shape index (κ3) is 3.85. The minimum absolute atomic E-state index is 0.0533. The first-order valence-electron chi connectivity index (χ1n) is 6.24. The summed E-state index contributed by atoms with van der Waals surface area (Å²) in [6.45, 7) is 5.60. The smallest absolute Gasteiger partial charge is 0.326 e. The van der Waals surface area contributed by atoms with E-state index >= 15 is 0 Å². The lowest BCUT2D eigenvalue weighted by atomic mass is 9.87. The van der Waals surface area contributed by atoms with Crippen LogP contribution in [0.5, 0.6) is 0 Å². The maximum absolute atomic E-state index is 12.5. The molecule has 0 radical (unpaired) electrons. The van der Waals surface area contributed by atoms with Crippen LogP contribution in [-0.4, -0.2) is 36.2 Å². The number of rotatable bonds is 4. The van der Waals surface area contributed by atoms with Crippen LogP contribution in [0, 0.1) is 5.41 Å². The molecule has 0 aliphatic heterocycles. The monoisotopic (exact) mass is 252 g/mol. The van der Waals surface area contributed by atoms with Crippen LogP contribution in [0.2, 0.25) is 0 Å². The topological polar surface area (TPSA) is 29.3 Å². The van der Waals surface area contributed by atoms with E-state index in [1.54, 1.807) is 0 Å². The van der Waals surface area contributed by atoms with Crippen LogP contribution in [0.3, 0.4) is 0 Å². The minimum atomic E-state index is -4.14. The summed E-state index contributed by atoms with van der Waals surface area (Å²) >= 11 is 0. The summed E-state index contributed by atoms with van der Waals surface area (Å²) < 4.78 is 37.6. The fraction of sp³-hybridized carbons (Fsp3) is 1.00. The molecule has 0 heterocycles. The lowest BCUT2D eigenvalue weighted by Gasteiger charge is -2.35. The number of hydrogen-bond acceptors (Lipinski definition) is 2. The van der Waals surface area contributed by atoms with E-state index in [1.807, 2.05) is 20.8 Å². The first-order valence-corrected chi connectivity index (χ1v) is 6.24. The summed E-state index contributed by atoms with van der Waals surface area (Å²) in [7, 11) is 0. The van der Waals surface area contributed by atoms with Crippen LogP contribution in [0.25, 0.3) is 0 Å². The van der Waals surface area contributed by atoms with Gasteiger partial charge < -0.3 is 5.73 Å². The molecule has 0 spiro atoms. The predicted molar refractivity (Wildman–Crippen MR) is 62.7 cm³/mol. The van der Waals surface area contributed by atoms with E-state index in [1.165, 1.54) is 4.90 Å². The van der Waals surface area contributed by atoms with Gasteiger partial charge in [0.05, 0.1) is 6.54 Å². The highest BCUT2D eigenvalue weighted by Gasteiger charge is 2.44. The van der Waals surface area contributed by atoms with Crippen molar-refractivity contribution in [1.82, 2.24) is 4.90 Å². The SMILES string of the molecule is CCCN(CC(F)(F)F)C1CCC(C)(C)C1N. The molecule has 0 bridgehead atoms. The second-order valence-corrected chi connectivity index (χ2v) is 5.71. The zero-order chi connectivity index (χ0) is 13.3. The van der Waals surface area contributed by atoms with Crippen molar-refractivity contribution in [3.05, 3.63) is 0 Å². The molecule has 0 aromatic rings. The summed E-state index contributed by atoms with van der Waals surface area (Å²) in [4.78, 5) is 1.51. The quantitative estimate of drug-likeness (QED) is 0.833. The van der Waals surface area contributed by atoms with Gasteiger partial charge in [-0.15, -0.1) is 0 Å². The van der Waals surface area contributed by atoms with E-state index in [-0.39, 0.29) is 17.5 Å². The number of nitrogens with zero attached hydrogens (tertiary/aromatic N) is 1. The number of hydrogen-bond donors (Lipinski definition) is 1.